The van der Waals surface area contributed by atoms with Gasteiger partial charge >= 0.3 is 0 Å². The van der Waals surface area contributed by atoms with Crippen LogP contribution in [0.1, 0.15) is 37.7 Å². The number of piperidine rings is 2. The molecule has 186 valence electrons. The molecule has 2 aliphatic rings. The molecule has 0 radical (unpaired) electrons. The number of halogens is 1. The van der Waals surface area contributed by atoms with E-state index in [1.165, 1.54) is 31.4 Å². The van der Waals surface area contributed by atoms with Crippen molar-refractivity contribution in [2.75, 3.05) is 32.4 Å². The molecule has 0 saturated carbocycles. The largest absolute Gasteiger partial charge is 0.341 e. The molecule has 1 amide bonds. The highest BCUT2D eigenvalue weighted by Gasteiger charge is 2.42. The minimum atomic E-state index is -3.60. The highest BCUT2D eigenvalue weighted by atomic mass is 32.2. The van der Waals surface area contributed by atoms with Gasteiger partial charge in [-0.05, 0) is 62.9 Å². The third-order valence-corrected chi connectivity index (χ3v) is 7.79. The number of nitrogens with zero attached hydrogens (tertiary/aromatic N) is 4. The van der Waals surface area contributed by atoms with Gasteiger partial charge in [0.2, 0.25) is 15.9 Å². The lowest BCUT2D eigenvalue weighted by molar-refractivity contribution is -0.136. The van der Waals surface area contributed by atoms with Crippen molar-refractivity contribution in [2.24, 2.45) is 0 Å². The van der Waals surface area contributed by atoms with Gasteiger partial charge in [0.15, 0.2) is 0 Å². The lowest BCUT2D eigenvalue weighted by Gasteiger charge is -2.50. The number of carbonyl (C=O) groups excluding carboxylic acids is 1. The van der Waals surface area contributed by atoms with E-state index in [0.717, 1.165) is 38.7 Å². The lowest BCUT2D eigenvalue weighted by atomic mass is 9.83. The van der Waals surface area contributed by atoms with Crippen LogP contribution in [0.3, 0.4) is 0 Å². The Morgan fingerprint density at radius 1 is 1.12 bits per heavy atom. The standard InChI is InChI=1S/C24H34FN5O3S/c1-34(32,33)27-22(17-20-5-7-21(25)8-6-20)23(31)29-14-9-24(10-15-29,18-28-16-11-26-19-28)30-12-3-2-4-13-30/h5-8,11,16,19,22,27H,2-4,9-10,12-15,17-18H2,1H3/t22-/m1/s1. The molecule has 10 heteroatoms. The first-order chi connectivity index (χ1) is 16.2. The van der Waals surface area contributed by atoms with E-state index >= 15 is 0 Å². The number of amides is 1. The fourth-order valence-electron chi connectivity index (χ4n) is 5.32. The predicted octanol–water partition coefficient (Wildman–Crippen LogP) is 2.03. The van der Waals surface area contributed by atoms with Crippen LogP contribution in [-0.4, -0.2) is 77.7 Å². The SMILES string of the molecule is CS(=O)(=O)N[C@H](Cc1ccc(F)cc1)C(=O)N1CCC(Cn2ccnc2)(N2CCCCC2)CC1. The Morgan fingerprint density at radius 2 is 1.79 bits per heavy atom. The van der Waals surface area contributed by atoms with E-state index in [1.54, 1.807) is 23.2 Å². The fraction of sp³-hybridized carbons (Fsp3) is 0.583. The molecule has 2 aliphatic heterocycles. The topological polar surface area (TPSA) is 87.5 Å². The second-order valence-electron chi connectivity index (χ2n) is 9.61. The van der Waals surface area contributed by atoms with Crippen molar-refractivity contribution in [3.8, 4) is 0 Å². The fourth-order valence-corrected chi connectivity index (χ4v) is 6.02. The van der Waals surface area contributed by atoms with Gasteiger partial charge in [-0.3, -0.25) is 9.69 Å². The highest BCUT2D eigenvalue weighted by molar-refractivity contribution is 7.88. The summed E-state index contributed by atoms with van der Waals surface area (Å²) in [7, 11) is -3.60. The van der Waals surface area contributed by atoms with Crippen LogP contribution in [0.2, 0.25) is 0 Å². The molecular formula is C24H34FN5O3S. The van der Waals surface area contributed by atoms with Gasteiger partial charge in [-0.1, -0.05) is 18.6 Å². The number of carbonyl (C=O) groups is 1. The summed E-state index contributed by atoms with van der Waals surface area (Å²) in [5.41, 5.74) is 0.657. The molecule has 1 aromatic heterocycles. The van der Waals surface area contributed by atoms with Crippen LogP contribution in [-0.2, 0) is 27.8 Å². The predicted molar refractivity (Wildman–Crippen MR) is 128 cm³/mol. The molecular weight excluding hydrogens is 457 g/mol. The maximum Gasteiger partial charge on any atom is 0.241 e. The third-order valence-electron chi connectivity index (χ3n) is 7.08. The van der Waals surface area contributed by atoms with E-state index < -0.39 is 16.1 Å². The van der Waals surface area contributed by atoms with Crippen molar-refractivity contribution in [3.05, 3.63) is 54.4 Å². The monoisotopic (exact) mass is 491 g/mol. The molecule has 34 heavy (non-hydrogen) atoms. The van der Waals surface area contributed by atoms with Crippen molar-refractivity contribution in [1.29, 1.82) is 0 Å². The average molecular weight is 492 g/mol. The molecule has 1 aromatic carbocycles. The van der Waals surface area contributed by atoms with E-state index in [2.05, 4.69) is 19.2 Å². The van der Waals surface area contributed by atoms with Crippen LogP contribution in [0.5, 0.6) is 0 Å². The molecule has 8 nitrogen and oxygen atoms in total. The van der Waals surface area contributed by atoms with Crippen LogP contribution in [0.4, 0.5) is 4.39 Å². The maximum absolute atomic E-state index is 13.4. The summed E-state index contributed by atoms with van der Waals surface area (Å²) in [6.07, 6.45) is 12.1. The Labute approximate surface area is 201 Å². The number of hydrogen-bond acceptors (Lipinski definition) is 5. The van der Waals surface area contributed by atoms with Crippen molar-refractivity contribution >= 4 is 15.9 Å². The van der Waals surface area contributed by atoms with Gasteiger partial charge in [-0.25, -0.2) is 22.5 Å². The molecule has 0 spiro atoms. The van der Waals surface area contributed by atoms with Gasteiger partial charge in [-0.15, -0.1) is 0 Å². The zero-order valence-corrected chi connectivity index (χ0v) is 20.5. The number of imidazole rings is 1. The second-order valence-corrected chi connectivity index (χ2v) is 11.4. The first-order valence-corrected chi connectivity index (χ1v) is 13.8. The zero-order chi connectivity index (χ0) is 24.2. The quantitative estimate of drug-likeness (QED) is 0.611. The van der Waals surface area contributed by atoms with Crippen LogP contribution in [0, 0.1) is 5.82 Å². The normalized spacial score (nSPS) is 20.2. The van der Waals surface area contributed by atoms with E-state index in [0.29, 0.717) is 18.7 Å². The molecule has 1 N–H and O–H groups in total. The lowest BCUT2D eigenvalue weighted by Crippen LogP contribution is -2.61. The summed E-state index contributed by atoms with van der Waals surface area (Å²) in [5, 5.41) is 0. The molecule has 2 fully saturated rings. The molecule has 0 aliphatic carbocycles. The van der Waals surface area contributed by atoms with Gasteiger partial charge in [0.1, 0.15) is 11.9 Å². The Kier molecular flexibility index (Phi) is 7.69. The summed E-state index contributed by atoms with van der Waals surface area (Å²) in [6, 6.07) is 4.89. The summed E-state index contributed by atoms with van der Waals surface area (Å²) in [4.78, 5) is 22.0. The van der Waals surface area contributed by atoms with Gasteiger partial charge in [0.25, 0.3) is 0 Å². The van der Waals surface area contributed by atoms with Crippen molar-refractivity contribution < 1.29 is 17.6 Å². The number of aromatic nitrogens is 2. The van der Waals surface area contributed by atoms with Gasteiger partial charge < -0.3 is 9.47 Å². The number of hydrogen-bond donors (Lipinski definition) is 1. The van der Waals surface area contributed by atoms with E-state index in [1.807, 2.05) is 12.5 Å². The molecule has 2 aromatic rings. The molecule has 2 saturated heterocycles. The van der Waals surface area contributed by atoms with Crippen molar-refractivity contribution in [1.82, 2.24) is 24.1 Å². The number of likely N-dealkylation sites (tertiary alicyclic amines) is 2. The first-order valence-electron chi connectivity index (χ1n) is 12.0. The van der Waals surface area contributed by atoms with E-state index in [-0.39, 0.29) is 23.7 Å². The summed E-state index contributed by atoms with van der Waals surface area (Å²) in [6.45, 7) is 4.08. The summed E-state index contributed by atoms with van der Waals surface area (Å²) in [5.74, 6) is -0.602. The van der Waals surface area contributed by atoms with Gasteiger partial charge in [0.05, 0.1) is 12.6 Å². The van der Waals surface area contributed by atoms with Gasteiger partial charge in [-0.2, -0.15) is 0 Å². The highest BCUT2D eigenvalue weighted by Crippen LogP contribution is 2.33. The smallest absolute Gasteiger partial charge is 0.241 e. The molecule has 3 heterocycles. The molecule has 0 unspecified atom stereocenters. The molecule has 0 bridgehead atoms. The minimum absolute atomic E-state index is 0.0470. The maximum atomic E-state index is 13.4. The van der Waals surface area contributed by atoms with Crippen molar-refractivity contribution in [3.63, 3.8) is 0 Å². The number of sulfonamides is 1. The minimum Gasteiger partial charge on any atom is -0.341 e. The summed E-state index contributed by atoms with van der Waals surface area (Å²) >= 11 is 0. The van der Waals surface area contributed by atoms with Crippen LogP contribution < -0.4 is 4.72 Å². The van der Waals surface area contributed by atoms with Crippen LogP contribution in [0.15, 0.2) is 43.0 Å². The van der Waals surface area contributed by atoms with Crippen molar-refractivity contribution in [2.45, 2.75) is 56.7 Å². The third kappa shape index (κ3) is 6.22. The Bertz CT molecular complexity index is 1040. The van der Waals surface area contributed by atoms with Crippen LogP contribution >= 0.6 is 0 Å². The second kappa shape index (κ2) is 10.5. The van der Waals surface area contributed by atoms with E-state index in [4.69, 9.17) is 0 Å². The Morgan fingerprint density at radius 3 is 2.38 bits per heavy atom. The zero-order valence-electron chi connectivity index (χ0n) is 19.7. The molecule has 1 atom stereocenters. The average Bonchev–Trinajstić information content (AvgIpc) is 3.33. The van der Waals surface area contributed by atoms with E-state index in [9.17, 15) is 17.6 Å². The number of benzene rings is 1. The van der Waals surface area contributed by atoms with Crippen LogP contribution in [0.25, 0.3) is 0 Å². The number of nitrogens with one attached hydrogen (secondary N) is 1. The Balaban J connectivity index is 1.48. The molecule has 4 rings (SSSR count). The van der Waals surface area contributed by atoms with Gasteiger partial charge in [0, 0.05) is 37.6 Å². The number of rotatable bonds is 8. The summed E-state index contributed by atoms with van der Waals surface area (Å²) < 4.78 is 41.9. The Hall–Kier alpha value is -2.30. The first kappa shape index (κ1) is 24.8.